The number of ether oxygens (including phenoxy) is 1. The van der Waals surface area contributed by atoms with Gasteiger partial charge in [0.2, 0.25) is 11.8 Å². The molecule has 0 radical (unpaired) electrons. The van der Waals surface area contributed by atoms with E-state index in [-0.39, 0.29) is 18.2 Å². The summed E-state index contributed by atoms with van der Waals surface area (Å²) in [5.74, 6) is 0.308. The van der Waals surface area contributed by atoms with E-state index < -0.39 is 5.25 Å². The van der Waals surface area contributed by atoms with Crippen molar-refractivity contribution in [1.29, 1.82) is 0 Å². The van der Waals surface area contributed by atoms with Crippen LogP contribution in [0.1, 0.15) is 12.0 Å². The zero-order chi connectivity index (χ0) is 18.5. The van der Waals surface area contributed by atoms with Gasteiger partial charge in [-0.2, -0.15) is 0 Å². The monoisotopic (exact) mass is 386 g/mol. The first-order chi connectivity index (χ1) is 12.6. The molecule has 0 aliphatic carbocycles. The van der Waals surface area contributed by atoms with Gasteiger partial charge >= 0.3 is 0 Å². The van der Waals surface area contributed by atoms with Gasteiger partial charge in [0.05, 0.1) is 18.9 Å². The van der Waals surface area contributed by atoms with Crippen molar-refractivity contribution in [2.24, 2.45) is 0 Å². The predicted molar refractivity (Wildman–Crippen MR) is 107 cm³/mol. The van der Waals surface area contributed by atoms with Crippen LogP contribution in [0, 0.1) is 0 Å². The summed E-state index contributed by atoms with van der Waals surface area (Å²) in [4.78, 5) is 26.5. The van der Waals surface area contributed by atoms with Gasteiger partial charge in [-0.25, -0.2) is 0 Å². The molecular weight excluding hydrogens is 368 g/mol. The number of hydrogen-bond donors (Lipinski definition) is 1. The molecule has 1 unspecified atom stereocenters. The minimum atomic E-state index is -0.489. The number of anilines is 1. The maximum Gasteiger partial charge on any atom is 0.242 e. The fourth-order valence-electron chi connectivity index (χ4n) is 2.62. The van der Waals surface area contributed by atoms with Crippen molar-refractivity contribution in [1.82, 2.24) is 4.90 Å². The van der Waals surface area contributed by atoms with Gasteiger partial charge in [0.25, 0.3) is 0 Å². The van der Waals surface area contributed by atoms with Crippen LogP contribution in [0.4, 0.5) is 5.69 Å². The lowest BCUT2D eigenvalue weighted by atomic mass is 10.2. The molecule has 0 aromatic heterocycles. The lowest BCUT2D eigenvalue weighted by Crippen LogP contribution is -2.32. The topological polar surface area (TPSA) is 58.6 Å². The molecule has 1 N–H and O–H groups in total. The second kappa shape index (κ2) is 8.33. The minimum absolute atomic E-state index is 0.0755. The van der Waals surface area contributed by atoms with E-state index in [0.717, 1.165) is 5.56 Å². The molecule has 0 saturated carbocycles. The van der Waals surface area contributed by atoms with Crippen molar-refractivity contribution in [3.05, 3.63) is 60.2 Å². The number of carbonyl (C=O) groups excluding carboxylic acids is 2. The Balaban J connectivity index is 1.60. The fourth-order valence-corrected chi connectivity index (χ4v) is 4.11. The number of methoxy groups -OCH3 is 1. The average molecular weight is 386 g/mol. The number of rotatable bonds is 6. The number of nitrogens with zero attached hydrogens (tertiary/aromatic N) is 1. The summed E-state index contributed by atoms with van der Waals surface area (Å²) >= 11 is 6.60. The molecule has 0 bridgehead atoms. The fraction of sp³-hybridized carbons (Fsp3) is 0.211. The quantitative estimate of drug-likeness (QED) is 0.771. The van der Waals surface area contributed by atoms with E-state index in [0.29, 0.717) is 22.3 Å². The number of benzene rings is 2. The van der Waals surface area contributed by atoms with Gasteiger partial charge < -0.3 is 10.1 Å². The Labute approximate surface area is 161 Å². The van der Waals surface area contributed by atoms with Gasteiger partial charge in [0, 0.05) is 18.2 Å². The summed E-state index contributed by atoms with van der Waals surface area (Å²) in [7, 11) is 1.57. The summed E-state index contributed by atoms with van der Waals surface area (Å²) in [6.07, 6.45) is 0.0755. The molecule has 1 saturated heterocycles. The Morgan fingerprint density at radius 2 is 2.00 bits per heavy atom. The van der Waals surface area contributed by atoms with Crippen molar-refractivity contribution in [2.45, 2.75) is 18.2 Å². The van der Waals surface area contributed by atoms with E-state index in [2.05, 4.69) is 5.32 Å². The van der Waals surface area contributed by atoms with E-state index in [9.17, 15) is 9.59 Å². The van der Waals surface area contributed by atoms with Crippen molar-refractivity contribution in [3.63, 3.8) is 0 Å². The third-order valence-corrected chi connectivity index (χ3v) is 5.50. The Morgan fingerprint density at radius 3 is 2.73 bits per heavy atom. The zero-order valence-corrected chi connectivity index (χ0v) is 15.8. The summed E-state index contributed by atoms with van der Waals surface area (Å²) in [6, 6.07) is 16.8. The molecule has 1 fully saturated rings. The first kappa shape index (κ1) is 18.4. The average Bonchev–Trinajstić information content (AvgIpc) is 2.90. The minimum Gasteiger partial charge on any atom is -0.497 e. The van der Waals surface area contributed by atoms with Crippen LogP contribution in [0.15, 0.2) is 54.6 Å². The van der Waals surface area contributed by atoms with Crippen LogP contribution in [0.5, 0.6) is 5.75 Å². The molecular formula is C19H18N2O3S2. The standard InChI is InChI=1S/C19H18N2O3S2/c1-24-15-9-5-8-14(10-15)20-17(22)11-16-18(23)21(19(25)26-16)12-13-6-3-2-4-7-13/h2-10,16H,11-12H2,1H3,(H,20,22). The highest BCUT2D eigenvalue weighted by molar-refractivity contribution is 8.24. The first-order valence-corrected chi connectivity index (χ1v) is 9.35. The number of hydrogen-bond acceptors (Lipinski definition) is 5. The molecule has 7 heteroatoms. The number of thioether (sulfide) groups is 1. The van der Waals surface area contributed by atoms with Crippen LogP contribution < -0.4 is 10.1 Å². The maximum atomic E-state index is 12.6. The molecule has 26 heavy (non-hydrogen) atoms. The first-order valence-electron chi connectivity index (χ1n) is 8.06. The van der Waals surface area contributed by atoms with Crippen LogP contribution in [0.3, 0.4) is 0 Å². The predicted octanol–water partition coefficient (Wildman–Crippen LogP) is 3.45. The van der Waals surface area contributed by atoms with Crippen LogP contribution in [-0.4, -0.2) is 33.4 Å². The Kier molecular flexibility index (Phi) is 5.90. The molecule has 1 heterocycles. The second-order valence-corrected chi connectivity index (χ2v) is 7.60. The Morgan fingerprint density at radius 1 is 1.23 bits per heavy atom. The van der Waals surface area contributed by atoms with E-state index in [4.69, 9.17) is 17.0 Å². The molecule has 1 aliphatic rings. The molecule has 1 atom stereocenters. The summed E-state index contributed by atoms with van der Waals surface area (Å²) in [6.45, 7) is 0.430. The van der Waals surface area contributed by atoms with Crippen molar-refractivity contribution in [3.8, 4) is 5.75 Å². The third-order valence-electron chi connectivity index (χ3n) is 3.91. The molecule has 2 aromatic rings. The molecule has 0 spiro atoms. The highest BCUT2D eigenvalue weighted by Crippen LogP contribution is 2.31. The van der Waals surface area contributed by atoms with E-state index in [1.807, 2.05) is 30.3 Å². The highest BCUT2D eigenvalue weighted by atomic mass is 32.2. The molecule has 3 rings (SSSR count). The van der Waals surface area contributed by atoms with Crippen LogP contribution in [-0.2, 0) is 16.1 Å². The highest BCUT2D eigenvalue weighted by Gasteiger charge is 2.38. The number of thiocarbonyl (C=S) groups is 1. The third kappa shape index (κ3) is 4.42. The maximum absolute atomic E-state index is 12.6. The molecule has 5 nitrogen and oxygen atoms in total. The van der Waals surface area contributed by atoms with Crippen LogP contribution in [0.2, 0.25) is 0 Å². The molecule has 2 amide bonds. The van der Waals surface area contributed by atoms with Gasteiger partial charge in [0.15, 0.2) is 0 Å². The van der Waals surface area contributed by atoms with Crippen molar-refractivity contribution >= 4 is 45.8 Å². The Hall–Kier alpha value is -2.38. The smallest absolute Gasteiger partial charge is 0.242 e. The van der Waals surface area contributed by atoms with Gasteiger partial charge in [-0.15, -0.1) is 0 Å². The van der Waals surface area contributed by atoms with Gasteiger partial charge in [0.1, 0.15) is 10.1 Å². The van der Waals surface area contributed by atoms with Gasteiger partial charge in [-0.1, -0.05) is 60.4 Å². The number of nitrogens with one attached hydrogen (secondary N) is 1. The SMILES string of the molecule is COc1cccc(NC(=O)CC2SC(=S)N(Cc3ccccc3)C2=O)c1. The summed E-state index contributed by atoms with van der Waals surface area (Å²) in [5.41, 5.74) is 1.64. The largest absolute Gasteiger partial charge is 0.497 e. The Bertz CT molecular complexity index is 827. The van der Waals surface area contributed by atoms with E-state index in [1.54, 1.807) is 36.3 Å². The van der Waals surface area contributed by atoms with Gasteiger partial charge in [-0.3, -0.25) is 14.5 Å². The molecule has 2 aromatic carbocycles. The second-order valence-electron chi connectivity index (χ2n) is 5.77. The number of amides is 2. The van der Waals surface area contributed by atoms with E-state index in [1.165, 1.54) is 11.8 Å². The summed E-state index contributed by atoms with van der Waals surface area (Å²) < 4.78 is 5.65. The normalized spacial score (nSPS) is 16.7. The van der Waals surface area contributed by atoms with Crippen molar-refractivity contribution in [2.75, 3.05) is 12.4 Å². The molecule has 1 aliphatic heterocycles. The van der Waals surface area contributed by atoms with Crippen LogP contribution >= 0.6 is 24.0 Å². The van der Waals surface area contributed by atoms with E-state index >= 15 is 0 Å². The lowest BCUT2D eigenvalue weighted by Gasteiger charge is -2.15. The lowest BCUT2D eigenvalue weighted by molar-refractivity contribution is -0.128. The zero-order valence-electron chi connectivity index (χ0n) is 14.2. The molecule has 134 valence electrons. The van der Waals surface area contributed by atoms with Gasteiger partial charge in [-0.05, 0) is 17.7 Å². The number of carbonyl (C=O) groups is 2. The van der Waals surface area contributed by atoms with Crippen molar-refractivity contribution < 1.29 is 14.3 Å². The summed E-state index contributed by atoms with van der Waals surface area (Å²) in [5, 5.41) is 2.31. The van der Waals surface area contributed by atoms with Crippen LogP contribution in [0.25, 0.3) is 0 Å².